The number of Topliss-reactive ketones (excluding diaryl/α,β-unsaturated/α-hetero) is 1. The van der Waals surface area contributed by atoms with Gasteiger partial charge >= 0.3 is 0 Å². The van der Waals surface area contributed by atoms with E-state index in [1.54, 1.807) is 0 Å². The normalized spacial score (nSPS) is 22.8. The summed E-state index contributed by atoms with van der Waals surface area (Å²) in [5.74, 6) is 1.95. The highest BCUT2D eigenvalue weighted by molar-refractivity contribution is 6.01. The number of allylic oxidation sites excluding steroid dienone is 3. The highest BCUT2D eigenvalue weighted by Crippen LogP contribution is 2.51. The molecule has 6 rings (SSSR count). The Morgan fingerprint density at radius 2 is 1.67 bits per heavy atom. The number of ketones is 1. The molecular weight excluding hydrogens is 446 g/mol. The van der Waals surface area contributed by atoms with Crippen molar-refractivity contribution in [2.24, 2.45) is 5.41 Å². The summed E-state index contributed by atoms with van der Waals surface area (Å²) in [6, 6.07) is 13.3. The molecule has 3 heterocycles. The van der Waals surface area contributed by atoms with Crippen LogP contribution in [0.2, 0.25) is 0 Å². The van der Waals surface area contributed by atoms with E-state index in [0.717, 1.165) is 42.9 Å². The fourth-order valence-electron chi connectivity index (χ4n) is 6.24. The molecule has 4 heteroatoms. The van der Waals surface area contributed by atoms with Crippen molar-refractivity contribution in [1.29, 1.82) is 0 Å². The first-order valence-electron chi connectivity index (χ1n) is 13.4. The molecule has 0 spiro atoms. The maximum Gasteiger partial charge on any atom is 0.162 e. The summed E-state index contributed by atoms with van der Waals surface area (Å²) >= 11 is 0. The minimum Gasteiger partial charge on any atom is -0.490 e. The van der Waals surface area contributed by atoms with Crippen molar-refractivity contribution in [2.45, 2.75) is 71.6 Å². The molecule has 188 valence electrons. The van der Waals surface area contributed by atoms with Gasteiger partial charge in [0.05, 0.1) is 13.2 Å². The zero-order valence-corrected chi connectivity index (χ0v) is 22.2. The smallest absolute Gasteiger partial charge is 0.162 e. The van der Waals surface area contributed by atoms with E-state index < -0.39 is 0 Å². The number of hydrogen-bond acceptors (Lipinski definition) is 4. The quantitative estimate of drug-likeness (QED) is 0.448. The molecule has 0 amide bonds. The molecule has 2 aromatic carbocycles. The molecule has 0 saturated carbocycles. The third-order valence-corrected chi connectivity index (χ3v) is 8.14. The molecule has 0 fully saturated rings. The Bertz CT molecular complexity index is 1290. The van der Waals surface area contributed by atoms with Gasteiger partial charge in [-0.2, -0.15) is 0 Å². The lowest BCUT2D eigenvalue weighted by Gasteiger charge is -2.46. The largest absolute Gasteiger partial charge is 0.490 e. The summed E-state index contributed by atoms with van der Waals surface area (Å²) in [4.78, 5) is 16.1. The van der Waals surface area contributed by atoms with Crippen LogP contribution in [0.1, 0.15) is 82.1 Å². The molecule has 0 saturated heterocycles. The number of fused-ring (bicyclic) bond motifs is 5. The maximum atomic E-state index is 13.7. The third kappa shape index (κ3) is 3.95. The van der Waals surface area contributed by atoms with E-state index >= 15 is 0 Å². The van der Waals surface area contributed by atoms with Gasteiger partial charge in [-0.05, 0) is 58.6 Å². The average molecular weight is 484 g/mol. The van der Waals surface area contributed by atoms with Crippen molar-refractivity contribution >= 4 is 11.5 Å². The van der Waals surface area contributed by atoms with E-state index in [2.05, 4.69) is 82.0 Å². The summed E-state index contributed by atoms with van der Waals surface area (Å²) in [6.07, 6.45) is 5.69. The van der Waals surface area contributed by atoms with Gasteiger partial charge in [0.15, 0.2) is 17.3 Å². The van der Waals surface area contributed by atoms with Crippen LogP contribution in [0.5, 0.6) is 11.5 Å². The Hall–Kier alpha value is -3.01. The lowest BCUT2D eigenvalue weighted by atomic mass is 9.69. The van der Waals surface area contributed by atoms with E-state index in [1.807, 2.05) is 0 Å². The Kier molecular flexibility index (Phi) is 5.37. The van der Waals surface area contributed by atoms with Crippen LogP contribution in [-0.2, 0) is 16.6 Å². The predicted octanol–water partition coefficient (Wildman–Crippen LogP) is 6.79. The molecule has 1 unspecified atom stereocenters. The first-order chi connectivity index (χ1) is 17.1. The lowest BCUT2D eigenvalue weighted by Crippen LogP contribution is -2.40. The van der Waals surface area contributed by atoms with E-state index in [9.17, 15) is 4.79 Å². The van der Waals surface area contributed by atoms with Gasteiger partial charge in [-0.3, -0.25) is 4.79 Å². The van der Waals surface area contributed by atoms with Crippen LogP contribution < -0.4 is 9.47 Å². The van der Waals surface area contributed by atoms with Gasteiger partial charge in [0.2, 0.25) is 0 Å². The second-order valence-electron chi connectivity index (χ2n) is 12.6. The number of ether oxygens (including phenoxy) is 2. The fourth-order valence-corrected chi connectivity index (χ4v) is 6.24. The minimum absolute atomic E-state index is 0.0363. The van der Waals surface area contributed by atoms with Crippen molar-refractivity contribution in [1.82, 2.24) is 4.90 Å². The van der Waals surface area contributed by atoms with Crippen LogP contribution >= 0.6 is 0 Å². The first-order valence-corrected chi connectivity index (χ1v) is 13.4. The monoisotopic (exact) mass is 483 g/mol. The fraction of sp³-hybridized carbons (Fsp3) is 0.469. The number of benzene rings is 2. The molecular formula is C32H37NO3. The first kappa shape index (κ1) is 23.4. The van der Waals surface area contributed by atoms with Crippen molar-refractivity contribution in [2.75, 3.05) is 19.8 Å². The molecule has 3 aliphatic heterocycles. The van der Waals surface area contributed by atoms with Gasteiger partial charge in [-0.25, -0.2) is 0 Å². The summed E-state index contributed by atoms with van der Waals surface area (Å²) in [6.45, 7) is 13.4. The van der Waals surface area contributed by atoms with Crippen LogP contribution in [0, 0.1) is 5.41 Å². The summed E-state index contributed by atoms with van der Waals surface area (Å²) in [7, 11) is 0. The summed E-state index contributed by atoms with van der Waals surface area (Å²) in [5, 5.41) is 0. The Labute approximate surface area is 215 Å². The molecule has 36 heavy (non-hydrogen) atoms. The average Bonchev–Trinajstić information content (AvgIpc) is 3.05. The topological polar surface area (TPSA) is 38.8 Å². The van der Waals surface area contributed by atoms with Gasteiger partial charge in [-0.15, -0.1) is 0 Å². The molecule has 0 aromatic heterocycles. The SMILES string of the molecule is CC1(C)CC(=O)C2=C(C1)N1CCc3cc4c(cc3C1=CC2c1ccc(C(C)(C)C)cc1)OCCCO4. The van der Waals surface area contributed by atoms with Gasteiger partial charge in [-0.1, -0.05) is 58.9 Å². The molecule has 1 aliphatic carbocycles. The van der Waals surface area contributed by atoms with E-state index in [0.29, 0.717) is 25.4 Å². The van der Waals surface area contributed by atoms with Crippen LogP contribution in [-0.4, -0.2) is 30.4 Å². The highest BCUT2D eigenvalue weighted by Gasteiger charge is 2.42. The van der Waals surface area contributed by atoms with Crippen LogP contribution in [0.3, 0.4) is 0 Å². The van der Waals surface area contributed by atoms with Gasteiger partial charge in [0, 0.05) is 47.8 Å². The molecule has 0 N–H and O–H groups in total. The number of carbonyl (C=O) groups is 1. The van der Waals surface area contributed by atoms with Crippen molar-refractivity contribution < 1.29 is 14.3 Å². The zero-order valence-electron chi connectivity index (χ0n) is 22.2. The second-order valence-corrected chi connectivity index (χ2v) is 12.6. The van der Waals surface area contributed by atoms with Crippen molar-refractivity contribution in [3.63, 3.8) is 0 Å². The Morgan fingerprint density at radius 1 is 0.972 bits per heavy atom. The standard InChI is InChI=1S/C32H37NO3/c1-31(2,3)22-9-7-20(8-10-22)24-16-25-23-17-29-28(35-13-6-14-36-29)15-21(23)11-12-33(25)26-18-32(4,5)19-27(34)30(24)26/h7-10,15-17,24H,6,11-14,18-19H2,1-5H3. The van der Waals surface area contributed by atoms with E-state index in [4.69, 9.17) is 9.47 Å². The third-order valence-electron chi connectivity index (χ3n) is 8.14. The summed E-state index contributed by atoms with van der Waals surface area (Å²) in [5.41, 5.74) is 8.50. The molecule has 0 bridgehead atoms. The van der Waals surface area contributed by atoms with Crippen molar-refractivity contribution in [3.8, 4) is 11.5 Å². The lowest BCUT2D eigenvalue weighted by molar-refractivity contribution is -0.118. The van der Waals surface area contributed by atoms with Crippen LogP contribution in [0.25, 0.3) is 5.70 Å². The summed E-state index contributed by atoms with van der Waals surface area (Å²) < 4.78 is 12.1. The van der Waals surface area contributed by atoms with Crippen LogP contribution in [0.15, 0.2) is 53.7 Å². The van der Waals surface area contributed by atoms with Crippen LogP contribution in [0.4, 0.5) is 0 Å². The predicted molar refractivity (Wildman–Crippen MR) is 143 cm³/mol. The molecule has 0 radical (unpaired) electrons. The number of rotatable bonds is 1. The highest BCUT2D eigenvalue weighted by atomic mass is 16.5. The van der Waals surface area contributed by atoms with Gasteiger partial charge < -0.3 is 14.4 Å². The molecule has 4 nitrogen and oxygen atoms in total. The Morgan fingerprint density at radius 3 is 2.36 bits per heavy atom. The zero-order chi connectivity index (χ0) is 25.2. The van der Waals surface area contributed by atoms with E-state index in [1.165, 1.54) is 33.6 Å². The van der Waals surface area contributed by atoms with Crippen molar-refractivity contribution in [3.05, 3.63) is 76.0 Å². The van der Waals surface area contributed by atoms with E-state index in [-0.39, 0.29) is 16.7 Å². The number of nitrogens with zero attached hydrogens (tertiary/aromatic N) is 1. The maximum absolute atomic E-state index is 13.7. The van der Waals surface area contributed by atoms with Gasteiger partial charge in [0.1, 0.15) is 0 Å². The number of carbonyl (C=O) groups excluding carboxylic acids is 1. The minimum atomic E-state index is -0.0377. The number of hydrogen-bond donors (Lipinski definition) is 0. The molecule has 2 aromatic rings. The molecule has 1 atom stereocenters. The second kappa shape index (κ2) is 8.26. The Balaban J connectivity index is 1.50. The van der Waals surface area contributed by atoms with Gasteiger partial charge in [0.25, 0.3) is 0 Å². The molecule has 4 aliphatic rings.